The number of hydrazine groups is 1. The highest BCUT2D eigenvalue weighted by molar-refractivity contribution is 8.33. The van der Waals surface area contributed by atoms with Crippen LogP contribution in [0, 0.1) is 0 Å². The molecule has 5 aromatic rings. The number of thiazole rings is 1. The molecule has 0 atom stereocenters. The Morgan fingerprint density at radius 3 is 2.08 bits per heavy atom. The van der Waals surface area contributed by atoms with Crippen molar-refractivity contribution in [3.63, 3.8) is 0 Å². The van der Waals surface area contributed by atoms with Crippen molar-refractivity contribution in [1.29, 1.82) is 0 Å². The van der Waals surface area contributed by atoms with Crippen LogP contribution in [0.5, 0.6) is 0 Å². The third kappa shape index (κ3) is 5.23. The van der Waals surface area contributed by atoms with Gasteiger partial charge in [0.05, 0.1) is 16.1 Å². The lowest BCUT2D eigenvalue weighted by molar-refractivity contribution is -0.107. The number of rotatable bonds is 7. The van der Waals surface area contributed by atoms with Gasteiger partial charge in [-0.3, -0.25) is 15.6 Å². The highest BCUT2D eigenvalue weighted by atomic mass is 32.2. The van der Waals surface area contributed by atoms with Crippen LogP contribution in [0.15, 0.2) is 96.7 Å². The van der Waals surface area contributed by atoms with E-state index in [0.717, 1.165) is 54.1 Å². The minimum atomic E-state index is -0.0528. The van der Waals surface area contributed by atoms with Gasteiger partial charge in [-0.2, -0.15) is 0 Å². The molecule has 1 fully saturated rings. The minimum absolute atomic E-state index is 0.0528. The van der Waals surface area contributed by atoms with Gasteiger partial charge in [-0.25, -0.2) is 4.98 Å². The Hall–Kier alpha value is -3.70. The molecule has 0 unspecified atom stereocenters. The first-order chi connectivity index (χ1) is 18.1. The number of thioether (sulfide) groups is 1. The van der Waals surface area contributed by atoms with Crippen molar-refractivity contribution in [2.24, 2.45) is 0 Å². The van der Waals surface area contributed by atoms with Crippen LogP contribution in [-0.4, -0.2) is 14.4 Å². The molecule has 0 saturated carbocycles. The lowest BCUT2D eigenvalue weighted by atomic mass is 10.2. The van der Waals surface area contributed by atoms with E-state index in [0.29, 0.717) is 10.0 Å². The smallest absolute Gasteiger partial charge is 0.242 e. The molecular formula is C27H19N5OS4. The lowest BCUT2D eigenvalue weighted by Gasteiger charge is -2.25. The monoisotopic (exact) mass is 557 g/mol. The first-order valence-electron chi connectivity index (χ1n) is 11.3. The molecule has 10 heteroatoms. The van der Waals surface area contributed by atoms with E-state index in [-0.39, 0.29) is 5.12 Å². The summed E-state index contributed by atoms with van der Waals surface area (Å²) in [6.07, 6.45) is 1.83. The minimum Gasteiger partial charge on any atom is -0.337 e. The predicted octanol–water partition coefficient (Wildman–Crippen LogP) is 7.76. The maximum atomic E-state index is 11.9. The Kier molecular flexibility index (Phi) is 6.62. The van der Waals surface area contributed by atoms with Gasteiger partial charge in [0.2, 0.25) is 10.2 Å². The molecule has 0 bridgehead atoms. The fourth-order valence-corrected chi connectivity index (χ4v) is 6.77. The average molecular weight is 558 g/mol. The predicted molar refractivity (Wildman–Crippen MR) is 162 cm³/mol. The molecule has 3 aromatic carbocycles. The molecular weight excluding hydrogens is 539 g/mol. The summed E-state index contributed by atoms with van der Waals surface area (Å²) in [5, 5.41) is 3.66. The number of thiocarbonyl (C=S) groups is 1. The van der Waals surface area contributed by atoms with E-state index in [9.17, 15) is 4.79 Å². The standard InChI is InChI=1S/C27H19N5OS4/c33-25-22(28-27(34)37-25)15-21-16-23-24(35-21)29-26(36-23)31-30-17-11-13-20(14-12-17)32(18-7-3-1-4-8-18)19-9-5-2-6-10-19/h1-16,30H,(H,28,34)(H,29,31)/b22-15+. The highest BCUT2D eigenvalue weighted by Gasteiger charge is 2.22. The van der Waals surface area contributed by atoms with E-state index in [2.05, 4.69) is 62.5 Å². The zero-order valence-corrected chi connectivity index (χ0v) is 22.4. The van der Waals surface area contributed by atoms with Crippen molar-refractivity contribution in [1.82, 2.24) is 10.3 Å². The number of carbonyl (C=O) groups is 1. The number of hydrogen-bond donors (Lipinski definition) is 3. The van der Waals surface area contributed by atoms with E-state index in [1.807, 2.05) is 60.7 Å². The summed E-state index contributed by atoms with van der Waals surface area (Å²) in [4.78, 5) is 20.7. The summed E-state index contributed by atoms with van der Waals surface area (Å²) >= 11 is 9.19. The van der Waals surface area contributed by atoms with Gasteiger partial charge in [-0.05, 0) is 72.4 Å². The molecule has 6 rings (SSSR count). The van der Waals surface area contributed by atoms with Crippen LogP contribution in [0.25, 0.3) is 15.6 Å². The molecule has 1 aliphatic heterocycles. The number of carbonyl (C=O) groups excluding carboxylic acids is 1. The number of hydrogen-bond acceptors (Lipinski definition) is 9. The van der Waals surface area contributed by atoms with Crippen molar-refractivity contribution in [3.05, 3.63) is 102 Å². The van der Waals surface area contributed by atoms with Crippen molar-refractivity contribution in [2.45, 2.75) is 0 Å². The Bertz CT molecular complexity index is 1540. The number of aromatic nitrogens is 1. The van der Waals surface area contributed by atoms with Crippen molar-refractivity contribution in [3.8, 4) is 0 Å². The van der Waals surface area contributed by atoms with E-state index in [4.69, 9.17) is 12.2 Å². The molecule has 0 aliphatic carbocycles. The average Bonchev–Trinajstić information content (AvgIpc) is 3.57. The number of nitrogens with zero attached hydrogens (tertiary/aromatic N) is 2. The van der Waals surface area contributed by atoms with Crippen LogP contribution < -0.4 is 21.1 Å². The Balaban J connectivity index is 1.15. The molecule has 2 aromatic heterocycles. The summed E-state index contributed by atoms with van der Waals surface area (Å²) in [6, 6.07) is 30.9. The number of thiophene rings is 1. The third-order valence-corrected chi connectivity index (χ3v) is 8.57. The molecule has 1 saturated heterocycles. The number of fused-ring (bicyclic) bond motifs is 1. The number of nitrogens with one attached hydrogen (secondary N) is 3. The molecule has 0 amide bonds. The first-order valence-corrected chi connectivity index (χ1v) is 14.2. The SMILES string of the molecule is O=C1SC(=S)N/C1=C/c1cc2sc(NNc3ccc(N(c4ccccc4)c4ccccc4)cc3)nc2s1. The van der Waals surface area contributed by atoms with Gasteiger partial charge in [0, 0.05) is 21.9 Å². The van der Waals surface area contributed by atoms with E-state index >= 15 is 0 Å². The largest absolute Gasteiger partial charge is 0.337 e. The molecule has 37 heavy (non-hydrogen) atoms. The second-order valence-corrected chi connectivity index (χ2v) is 11.7. The van der Waals surface area contributed by atoms with Crippen LogP contribution in [0.1, 0.15) is 4.88 Å². The first kappa shape index (κ1) is 23.7. The van der Waals surface area contributed by atoms with Gasteiger partial charge < -0.3 is 10.2 Å². The normalized spacial score (nSPS) is 14.2. The fourth-order valence-electron chi connectivity index (χ4n) is 3.86. The van der Waals surface area contributed by atoms with Crippen LogP contribution >= 0.6 is 46.7 Å². The van der Waals surface area contributed by atoms with Gasteiger partial charge in [-0.15, -0.1) is 11.3 Å². The zero-order valence-electron chi connectivity index (χ0n) is 19.2. The van der Waals surface area contributed by atoms with Crippen molar-refractivity contribution in [2.75, 3.05) is 15.8 Å². The Morgan fingerprint density at radius 1 is 0.838 bits per heavy atom. The van der Waals surface area contributed by atoms with Gasteiger partial charge in [0.1, 0.15) is 9.15 Å². The summed E-state index contributed by atoms with van der Waals surface area (Å²) in [7, 11) is 0. The van der Waals surface area contributed by atoms with Crippen LogP contribution in [0.2, 0.25) is 0 Å². The second-order valence-electron chi connectivity index (χ2n) is 8.00. The van der Waals surface area contributed by atoms with Crippen LogP contribution in [0.4, 0.5) is 27.9 Å². The summed E-state index contributed by atoms with van der Waals surface area (Å²) in [5.41, 5.74) is 11.1. The third-order valence-electron chi connectivity index (χ3n) is 5.51. The molecule has 6 nitrogen and oxygen atoms in total. The lowest BCUT2D eigenvalue weighted by Crippen LogP contribution is -2.11. The summed E-state index contributed by atoms with van der Waals surface area (Å²) in [6.45, 7) is 0. The van der Waals surface area contributed by atoms with Crippen LogP contribution in [-0.2, 0) is 4.79 Å². The topological polar surface area (TPSA) is 69.3 Å². The van der Waals surface area contributed by atoms with Gasteiger partial charge in [0.25, 0.3) is 0 Å². The van der Waals surface area contributed by atoms with Gasteiger partial charge >= 0.3 is 0 Å². The fraction of sp³-hybridized carbons (Fsp3) is 0. The van der Waals surface area contributed by atoms with E-state index in [1.54, 1.807) is 11.3 Å². The molecule has 182 valence electrons. The molecule has 0 radical (unpaired) electrons. The Labute approximate surface area is 231 Å². The Morgan fingerprint density at radius 2 is 1.49 bits per heavy atom. The maximum absolute atomic E-state index is 11.9. The quantitative estimate of drug-likeness (QED) is 0.107. The number of para-hydroxylation sites is 2. The second kappa shape index (κ2) is 10.3. The van der Waals surface area contributed by atoms with Crippen molar-refractivity contribution < 1.29 is 4.79 Å². The summed E-state index contributed by atoms with van der Waals surface area (Å²) in [5.74, 6) is 0. The molecule has 0 spiro atoms. The highest BCUT2D eigenvalue weighted by Crippen LogP contribution is 2.36. The molecule has 3 heterocycles. The maximum Gasteiger partial charge on any atom is 0.242 e. The number of anilines is 5. The molecule has 1 aliphatic rings. The number of benzene rings is 3. The van der Waals surface area contributed by atoms with Crippen molar-refractivity contribution >= 4 is 99.6 Å². The zero-order chi connectivity index (χ0) is 25.2. The summed E-state index contributed by atoms with van der Waals surface area (Å²) < 4.78 is 1.55. The van der Waals surface area contributed by atoms with Gasteiger partial charge in [-0.1, -0.05) is 60.0 Å². The molecule has 3 N–H and O–H groups in total. The van der Waals surface area contributed by atoms with E-state index in [1.165, 1.54) is 11.3 Å². The van der Waals surface area contributed by atoms with Gasteiger partial charge in [0.15, 0.2) is 0 Å². The van der Waals surface area contributed by atoms with E-state index < -0.39 is 0 Å². The van der Waals surface area contributed by atoms with Crippen LogP contribution in [0.3, 0.4) is 0 Å².